The standard InChI is InChI=1S/C12H13NO2S/c14-6-5-12(15)13-7-9-8-16-11-4-2-1-3-10(9)11/h1-4,8,14H,5-7H2,(H,13,15). The maximum absolute atomic E-state index is 11.2. The zero-order valence-corrected chi connectivity index (χ0v) is 9.59. The molecule has 1 heterocycles. The number of carbonyl (C=O) groups excluding carboxylic acids is 1. The lowest BCUT2D eigenvalue weighted by molar-refractivity contribution is -0.121. The summed E-state index contributed by atoms with van der Waals surface area (Å²) >= 11 is 1.68. The van der Waals surface area contributed by atoms with Crippen molar-refractivity contribution in [1.82, 2.24) is 5.32 Å². The minimum absolute atomic E-state index is 0.101. The van der Waals surface area contributed by atoms with Crippen LogP contribution in [0.4, 0.5) is 0 Å². The van der Waals surface area contributed by atoms with Crippen LogP contribution in [0.1, 0.15) is 12.0 Å². The van der Waals surface area contributed by atoms with Gasteiger partial charge in [0, 0.05) is 17.7 Å². The summed E-state index contributed by atoms with van der Waals surface area (Å²) in [5.41, 5.74) is 1.13. The van der Waals surface area contributed by atoms with Gasteiger partial charge in [-0.15, -0.1) is 11.3 Å². The monoisotopic (exact) mass is 235 g/mol. The van der Waals surface area contributed by atoms with Gasteiger partial charge in [0.05, 0.1) is 6.61 Å². The molecule has 2 aromatic rings. The molecule has 0 atom stereocenters. The van der Waals surface area contributed by atoms with E-state index >= 15 is 0 Å². The van der Waals surface area contributed by atoms with E-state index in [1.54, 1.807) is 11.3 Å². The third kappa shape index (κ3) is 2.40. The molecule has 1 aromatic carbocycles. The molecular weight excluding hydrogens is 222 g/mol. The molecule has 2 N–H and O–H groups in total. The SMILES string of the molecule is O=C(CCO)NCc1csc2ccccc12. The Balaban J connectivity index is 2.07. The Morgan fingerprint density at radius 2 is 2.19 bits per heavy atom. The van der Waals surface area contributed by atoms with Crippen molar-refractivity contribution in [2.24, 2.45) is 0 Å². The molecule has 0 aliphatic rings. The summed E-state index contributed by atoms with van der Waals surface area (Å²) in [6, 6.07) is 8.12. The highest BCUT2D eigenvalue weighted by Gasteiger charge is 2.04. The van der Waals surface area contributed by atoms with Gasteiger partial charge < -0.3 is 10.4 Å². The third-order valence-electron chi connectivity index (χ3n) is 2.38. The predicted molar refractivity (Wildman–Crippen MR) is 65.4 cm³/mol. The van der Waals surface area contributed by atoms with Crippen LogP contribution in [0, 0.1) is 0 Å². The van der Waals surface area contributed by atoms with Gasteiger partial charge in [0.1, 0.15) is 0 Å². The first kappa shape index (κ1) is 11.1. The number of benzene rings is 1. The Labute approximate surface area is 97.7 Å². The van der Waals surface area contributed by atoms with Crippen molar-refractivity contribution in [3.8, 4) is 0 Å². The van der Waals surface area contributed by atoms with Crippen LogP contribution >= 0.6 is 11.3 Å². The van der Waals surface area contributed by atoms with Crippen molar-refractivity contribution in [3.05, 3.63) is 35.2 Å². The van der Waals surface area contributed by atoms with Gasteiger partial charge in [-0.3, -0.25) is 4.79 Å². The van der Waals surface area contributed by atoms with Crippen molar-refractivity contribution < 1.29 is 9.90 Å². The molecule has 0 aliphatic heterocycles. The average molecular weight is 235 g/mol. The number of amides is 1. The van der Waals surface area contributed by atoms with Crippen molar-refractivity contribution in [2.45, 2.75) is 13.0 Å². The molecular formula is C12H13NO2S. The minimum atomic E-state index is -0.113. The van der Waals surface area contributed by atoms with E-state index in [9.17, 15) is 4.79 Å². The van der Waals surface area contributed by atoms with E-state index in [1.807, 2.05) is 12.1 Å². The van der Waals surface area contributed by atoms with Crippen LogP contribution in [0.15, 0.2) is 29.6 Å². The topological polar surface area (TPSA) is 49.3 Å². The van der Waals surface area contributed by atoms with Crippen LogP contribution in [0.5, 0.6) is 0 Å². The highest BCUT2D eigenvalue weighted by molar-refractivity contribution is 7.17. The molecule has 84 valence electrons. The molecule has 0 saturated carbocycles. The number of thiophene rings is 1. The van der Waals surface area contributed by atoms with E-state index in [0.29, 0.717) is 6.54 Å². The van der Waals surface area contributed by atoms with Gasteiger partial charge in [-0.25, -0.2) is 0 Å². The Morgan fingerprint density at radius 3 is 3.00 bits per heavy atom. The smallest absolute Gasteiger partial charge is 0.222 e. The highest BCUT2D eigenvalue weighted by atomic mass is 32.1. The fourth-order valence-electron chi connectivity index (χ4n) is 1.55. The quantitative estimate of drug-likeness (QED) is 0.850. The number of aliphatic hydroxyl groups is 1. The zero-order valence-electron chi connectivity index (χ0n) is 8.77. The van der Waals surface area contributed by atoms with E-state index in [2.05, 4.69) is 22.8 Å². The van der Waals surface area contributed by atoms with Gasteiger partial charge in [0.15, 0.2) is 0 Å². The van der Waals surface area contributed by atoms with Gasteiger partial charge in [-0.2, -0.15) is 0 Å². The van der Waals surface area contributed by atoms with Gasteiger partial charge in [0.25, 0.3) is 0 Å². The average Bonchev–Trinajstić information content (AvgIpc) is 2.70. The van der Waals surface area contributed by atoms with Gasteiger partial charge >= 0.3 is 0 Å². The summed E-state index contributed by atoms with van der Waals surface area (Å²) in [6.07, 6.45) is 0.169. The predicted octanol–water partition coefficient (Wildman–Crippen LogP) is 1.90. The molecule has 4 heteroatoms. The molecule has 0 fully saturated rings. The maximum atomic E-state index is 11.2. The summed E-state index contributed by atoms with van der Waals surface area (Å²) in [4.78, 5) is 11.2. The molecule has 1 amide bonds. The van der Waals surface area contributed by atoms with Gasteiger partial charge in [-0.1, -0.05) is 18.2 Å². The Kier molecular flexibility index (Phi) is 3.54. The molecule has 1 aromatic heterocycles. The molecule has 0 aliphatic carbocycles. The summed E-state index contributed by atoms with van der Waals surface area (Å²) < 4.78 is 1.23. The summed E-state index contributed by atoms with van der Waals surface area (Å²) in [5, 5.41) is 14.6. The first-order chi connectivity index (χ1) is 7.81. The van der Waals surface area contributed by atoms with Crippen LogP contribution < -0.4 is 5.32 Å². The lowest BCUT2D eigenvalue weighted by atomic mass is 10.2. The number of rotatable bonds is 4. The van der Waals surface area contributed by atoms with Crippen LogP contribution in [-0.4, -0.2) is 17.6 Å². The number of hydrogen-bond acceptors (Lipinski definition) is 3. The van der Waals surface area contributed by atoms with Crippen LogP contribution in [-0.2, 0) is 11.3 Å². The van der Waals surface area contributed by atoms with Crippen molar-refractivity contribution in [3.63, 3.8) is 0 Å². The van der Waals surface area contributed by atoms with E-state index in [0.717, 1.165) is 5.56 Å². The molecule has 0 saturated heterocycles. The van der Waals surface area contributed by atoms with Crippen LogP contribution in [0.3, 0.4) is 0 Å². The number of carbonyl (C=O) groups is 1. The number of nitrogens with one attached hydrogen (secondary N) is 1. The van der Waals surface area contributed by atoms with E-state index < -0.39 is 0 Å². The first-order valence-corrected chi connectivity index (χ1v) is 6.02. The molecule has 0 bridgehead atoms. The number of fused-ring (bicyclic) bond motifs is 1. The van der Waals surface area contributed by atoms with Gasteiger partial charge in [0.2, 0.25) is 5.91 Å². The van der Waals surface area contributed by atoms with Crippen LogP contribution in [0.2, 0.25) is 0 Å². The lowest BCUT2D eigenvalue weighted by Gasteiger charge is -2.02. The Morgan fingerprint density at radius 1 is 1.38 bits per heavy atom. The fourth-order valence-corrected chi connectivity index (χ4v) is 2.52. The second kappa shape index (κ2) is 5.09. The molecule has 0 radical (unpaired) electrons. The van der Waals surface area contributed by atoms with Crippen molar-refractivity contribution in [1.29, 1.82) is 0 Å². The van der Waals surface area contributed by atoms with E-state index in [1.165, 1.54) is 10.1 Å². The van der Waals surface area contributed by atoms with E-state index in [-0.39, 0.29) is 18.9 Å². The normalized spacial score (nSPS) is 10.6. The second-order valence-corrected chi connectivity index (χ2v) is 4.42. The zero-order chi connectivity index (χ0) is 11.4. The van der Waals surface area contributed by atoms with Crippen molar-refractivity contribution in [2.75, 3.05) is 6.61 Å². The Bertz CT molecular complexity index is 492. The summed E-state index contributed by atoms with van der Waals surface area (Å²) in [5.74, 6) is -0.113. The van der Waals surface area contributed by atoms with Gasteiger partial charge in [-0.05, 0) is 22.4 Å². The number of aliphatic hydroxyl groups excluding tert-OH is 1. The molecule has 3 nitrogen and oxygen atoms in total. The van der Waals surface area contributed by atoms with E-state index in [4.69, 9.17) is 5.11 Å². The summed E-state index contributed by atoms with van der Waals surface area (Å²) in [6.45, 7) is 0.430. The summed E-state index contributed by atoms with van der Waals surface area (Å²) in [7, 11) is 0. The lowest BCUT2D eigenvalue weighted by Crippen LogP contribution is -2.23. The Hall–Kier alpha value is -1.39. The number of hydrogen-bond donors (Lipinski definition) is 2. The minimum Gasteiger partial charge on any atom is -0.396 e. The molecule has 16 heavy (non-hydrogen) atoms. The first-order valence-electron chi connectivity index (χ1n) is 5.14. The largest absolute Gasteiger partial charge is 0.396 e. The second-order valence-electron chi connectivity index (χ2n) is 3.51. The van der Waals surface area contributed by atoms with Crippen molar-refractivity contribution >= 4 is 27.3 Å². The molecule has 2 rings (SSSR count). The van der Waals surface area contributed by atoms with Crippen LogP contribution in [0.25, 0.3) is 10.1 Å². The fraction of sp³-hybridized carbons (Fsp3) is 0.250. The third-order valence-corrected chi connectivity index (χ3v) is 3.39. The molecule has 0 unspecified atom stereocenters. The molecule has 0 spiro atoms. The maximum Gasteiger partial charge on any atom is 0.222 e. The highest BCUT2D eigenvalue weighted by Crippen LogP contribution is 2.25.